The number of furan rings is 1. The van der Waals surface area contributed by atoms with Crippen LogP contribution in [0.4, 0.5) is 17.1 Å². The predicted molar refractivity (Wildman–Crippen MR) is 107 cm³/mol. The van der Waals surface area contributed by atoms with E-state index < -0.39 is 16.7 Å². The zero-order chi connectivity index (χ0) is 21.5. The van der Waals surface area contributed by atoms with Crippen LogP contribution in [0.25, 0.3) is 0 Å². The smallest absolute Gasteiger partial charge is 0.291 e. The fraction of sp³-hybridized carbons (Fsp3) is 0.100. The molecule has 0 saturated heterocycles. The molecule has 2 amide bonds. The number of ether oxygens (including phenoxy) is 2. The van der Waals surface area contributed by atoms with E-state index in [-0.39, 0.29) is 18.1 Å². The zero-order valence-corrected chi connectivity index (χ0v) is 15.8. The molecular weight excluding hydrogens is 394 g/mol. The van der Waals surface area contributed by atoms with Gasteiger partial charge in [-0.3, -0.25) is 19.7 Å². The molecule has 1 heterocycles. The number of methoxy groups -OCH3 is 1. The Morgan fingerprint density at radius 3 is 2.40 bits per heavy atom. The SMILES string of the molecule is COc1ccc(NC(=O)c2ccco2)c(NC(=O)COc2ccc([N+](=O)[O-])cc2)c1. The van der Waals surface area contributed by atoms with Crippen molar-refractivity contribution in [3.63, 3.8) is 0 Å². The molecule has 0 aliphatic heterocycles. The number of benzene rings is 2. The number of nitrogens with one attached hydrogen (secondary N) is 2. The molecule has 0 radical (unpaired) electrons. The van der Waals surface area contributed by atoms with Gasteiger partial charge in [-0.2, -0.15) is 0 Å². The number of carbonyl (C=O) groups is 2. The molecule has 0 unspecified atom stereocenters. The van der Waals surface area contributed by atoms with Crippen molar-refractivity contribution in [2.75, 3.05) is 24.4 Å². The number of rotatable bonds is 8. The van der Waals surface area contributed by atoms with Gasteiger partial charge >= 0.3 is 0 Å². The first-order valence-corrected chi connectivity index (χ1v) is 8.66. The summed E-state index contributed by atoms with van der Waals surface area (Å²) >= 11 is 0. The summed E-state index contributed by atoms with van der Waals surface area (Å²) in [5.41, 5.74) is 0.549. The highest BCUT2D eigenvalue weighted by Crippen LogP contribution is 2.28. The van der Waals surface area contributed by atoms with Crippen molar-refractivity contribution >= 4 is 28.9 Å². The van der Waals surface area contributed by atoms with E-state index in [9.17, 15) is 19.7 Å². The lowest BCUT2D eigenvalue weighted by Crippen LogP contribution is -2.21. The highest BCUT2D eigenvalue weighted by atomic mass is 16.6. The Labute approximate surface area is 170 Å². The lowest BCUT2D eigenvalue weighted by molar-refractivity contribution is -0.384. The Balaban J connectivity index is 1.67. The van der Waals surface area contributed by atoms with E-state index in [0.717, 1.165) is 0 Å². The number of nitro groups is 1. The van der Waals surface area contributed by atoms with Crippen LogP contribution in [0, 0.1) is 10.1 Å². The number of nitro benzene ring substituents is 1. The van der Waals surface area contributed by atoms with E-state index in [2.05, 4.69) is 10.6 Å². The van der Waals surface area contributed by atoms with E-state index in [1.165, 1.54) is 43.7 Å². The maximum Gasteiger partial charge on any atom is 0.291 e. The van der Waals surface area contributed by atoms with Crippen molar-refractivity contribution in [3.05, 3.63) is 76.7 Å². The summed E-state index contributed by atoms with van der Waals surface area (Å²) in [6, 6.07) is 13.2. The molecule has 0 bridgehead atoms. The average Bonchev–Trinajstić information content (AvgIpc) is 3.29. The topological polar surface area (TPSA) is 133 Å². The van der Waals surface area contributed by atoms with Crippen molar-refractivity contribution in [3.8, 4) is 11.5 Å². The molecule has 1 aromatic heterocycles. The third-order valence-corrected chi connectivity index (χ3v) is 3.91. The zero-order valence-electron chi connectivity index (χ0n) is 15.8. The fourth-order valence-electron chi connectivity index (χ4n) is 2.45. The van der Waals surface area contributed by atoms with Crippen LogP contribution in [0.5, 0.6) is 11.5 Å². The molecule has 0 aliphatic rings. The van der Waals surface area contributed by atoms with Gasteiger partial charge in [0.2, 0.25) is 0 Å². The summed E-state index contributed by atoms with van der Waals surface area (Å²) in [4.78, 5) is 34.7. The minimum absolute atomic E-state index is 0.0832. The number of carbonyl (C=O) groups excluding carboxylic acids is 2. The highest BCUT2D eigenvalue weighted by Gasteiger charge is 2.14. The van der Waals surface area contributed by atoms with Crippen LogP contribution in [-0.4, -0.2) is 30.5 Å². The van der Waals surface area contributed by atoms with Crippen LogP contribution >= 0.6 is 0 Å². The van der Waals surface area contributed by atoms with Gasteiger partial charge in [0.15, 0.2) is 12.4 Å². The first kappa shape index (κ1) is 20.4. The van der Waals surface area contributed by atoms with Crippen LogP contribution in [0.2, 0.25) is 0 Å². The highest BCUT2D eigenvalue weighted by molar-refractivity contribution is 6.06. The van der Waals surface area contributed by atoms with Crippen molar-refractivity contribution in [2.24, 2.45) is 0 Å². The summed E-state index contributed by atoms with van der Waals surface area (Å²) in [5.74, 6) is -0.104. The molecule has 10 nitrogen and oxygen atoms in total. The Bertz CT molecular complexity index is 1050. The summed E-state index contributed by atoms with van der Waals surface area (Å²) in [6.45, 7) is -0.347. The van der Waals surface area contributed by atoms with Gasteiger partial charge in [0, 0.05) is 18.2 Å². The summed E-state index contributed by atoms with van der Waals surface area (Å²) in [7, 11) is 1.47. The number of anilines is 2. The first-order chi connectivity index (χ1) is 14.5. The molecule has 3 rings (SSSR count). The Kier molecular flexibility index (Phi) is 6.28. The molecule has 2 aromatic carbocycles. The molecule has 2 N–H and O–H groups in total. The molecule has 0 aliphatic carbocycles. The van der Waals surface area contributed by atoms with Gasteiger partial charge in [-0.15, -0.1) is 0 Å². The summed E-state index contributed by atoms with van der Waals surface area (Å²) in [5, 5.41) is 16.0. The second-order valence-electron chi connectivity index (χ2n) is 5.93. The molecule has 30 heavy (non-hydrogen) atoms. The minimum atomic E-state index is -0.530. The summed E-state index contributed by atoms with van der Waals surface area (Å²) in [6.07, 6.45) is 1.38. The van der Waals surface area contributed by atoms with Crippen LogP contribution < -0.4 is 20.1 Å². The van der Waals surface area contributed by atoms with Crippen molar-refractivity contribution < 1.29 is 28.4 Å². The fourth-order valence-corrected chi connectivity index (χ4v) is 2.45. The van der Waals surface area contributed by atoms with Crippen LogP contribution in [0.3, 0.4) is 0 Å². The van der Waals surface area contributed by atoms with Gasteiger partial charge < -0.3 is 24.5 Å². The average molecular weight is 411 g/mol. The van der Waals surface area contributed by atoms with Crippen LogP contribution in [0.1, 0.15) is 10.6 Å². The predicted octanol–water partition coefficient (Wildman–Crippen LogP) is 3.47. The number of non-ortho nitro benzene ring substituents is 1. The lowest BCUT2D eigenvalue weighted by atomic mass is 10.2. The minimum Gasteiger partial charge on any atom is -0.497 e. The van der Waals surface area contributed by atoms with E-state index in [1.807, 2.05) is 0 Å². The maximum atomic E-state index is 12.3. The van der Waals surface area contributed by atoms with Gasteiger partial charge in [-0.25, -0.2) is 0 Å². The molecular formula is C20H17N3O7. The molecule has 0 saturated carbocycles. The van der Waals surface area contributed by atoms with E-state index in [4.69, 9.17) is 13.9 Å². The quantitative estimate of drug-likeness (QED) is 0.428. The Hall–Kier alpha value is -4.34. The van der Waals surface area contributed by atoms with Crippen molar-refractivity contribution in [1.82, 2.24) is 0 Å². The molecule has 0 fully saturated rings. The van der Waals surface area contributed by atoms with Crippen molar-refractivity contribution in [2.45, 2.75) is 0 Å². The molecule has 0 atom stereocenters. The molecule has 3 aromatic rings. The van der Waals surface area contributed by atoms with Crippen molar-refractivity contribution in [1.29, 1.82) is 0 Å². The van der Waals surface area contributed by atoms with E-state index >= 15 is 0 Å². The monoisotopic (exact) mass is 411 g/mol. The van der Waals surface area contributed by atoms with Gasteiger partial charge in [0.1, 0.15) is 11.5 Å². The third kappa shape index (κ3) is 5.13. The van der Waals surface area contributed by atoms with Gasteiger partial charge in [-0.05, 0) is 36.4 Å². The molecule has 154 valence electrons. The van der Waals surface area contributed by atoms with E-state index in [1.54, 1.807) is 24.3 Å². The molecule has 0 spiro atoms. The van der Waals surface area contributed by atoms with Gasteiger partial charge in [0.05, 0.1) is 29.7 Å². The second kappa shape index (κ2) is 9.24. The molecule has 10 heteroatoms. The van der Waals surface area contributed by atoms with E-state index in [0.29, 0.717) is 22.9 Å². The van der Waals surface area contributed by atoms with Crippen LogP contribution in [-0.2, 0) is 4.79 Å². The largest absolute Gasteiger partial charge is 0.497 e. The maximum absolute atomic E-state index is 12.3. The number of hydrogen-bond acceptors (Lipinski definition) is 7. The Morgan fingerprint density at radius 1 is 1.03 bits per heavy atom. The van der Waals surface area contributed by atoms with Gasteiger partial charge in [-0.1, -0.05) is 0 Å². The summed E-state index contributed by atoms with van der Waals surface area (Å²) < 4.78 is 15.6. The standard InChI is InChI=1S/C20H17N3O7/c1-28-15-8-9-16(22-20(25)18-3-2-10-29-18)17(11-15)21-19(24)12-30-14-6-4-13(5-7-14)23(26)27/h2-11H,12H2,1H3,(H,21,24)(H,22,25). The first-order valence-electron chi connectivity index (χ1n) is 8.66. The Morgan fingerprint density at radius 2 is 1.77 bits per heavy atom. The second-order valence-corrected chi connectivity index (χ2v) is 5.93. The lowest BCUT2D eigenvalue weighted by Gasteiger charge is -2.14. The number of hydrogen-bond donors (Lipinski definition) is 2. The number of amides is 2. The van der Waals surface area contributed by atoms with Gasteiger partial charge in [0.25, 0.3) is 17.5 Å². The number of nitrogens with zero attached hydrogens (tertiary/aromatic N) is 1. The van der Waals surface area contributed by atoms with Crippen LogP contribution in [0.15, 0.2) is 65.3 Å². The third-order valence-electron chi connectivity index (χ3n) is 3.91. The normalized spacial score (nSPS) is 10.2.